The number of amides is 1. The molecule has 0 aliphatic carbocycles. The van der Waals surface area contributed by atoms with Crippen molar-refractivity contribution >= 4 is 28.1 Å². The van der Waals surface area contributed by atoms with Crippen LogP contribution in [-0.4, -0.2) is 27.3 Å². The second-order valence-corrected chi connectivity index (χ2v) is 7.15. The number of fused-ring (bicyclic) bond motifs is 1. The number of aryl methyl sites for hydroxylation is 2. The number of nitrogens with zero attached hydrogens (tertiary/aromatic N) is 2. The lowest BCUT2D eigenvalue weighted by Gasteiger charge is -2.19. The van der Waals surface area contributed by atoms with Gasteiger partial charge in [-0.2, -0.15) is 0 Å². The van der Waals surface area contributed by atoms with Gasteiger partial charge in [-0.1, -0.05) is 19.1 Å². The van der Waals surface area contributed by atoms with E-state index in [1.54, 1.807) is 11.0 Å². The van der Waals surface area contributed by atoms with Gasteiger partial charge in [-0.3, -0.25) is 9.59 Å². The van der Waals surface area contributed by atoms with Gasteiger partial charge in [0.25, 0.3) is 11.5 Å². The molecule has 0 unspecified atom stereocenters. The fourth-order valence-electron chi connectivity index (χ4n) is 2.85. The first-order valence-corrected chi connectivity index (χ1v) is 9.21. The smallest absolute Gasteiger partial charge is 0.264 e. The van der Waals surface area contributed by atoms with Gasteiger partial charge < -0.3 is 9.88 Å². The monoisotopic (exact) mass is 355 g/mol. The number of carbonyl (C=O) groups is 1. The van der Waals surface area contributed by atoms with E-state index in [4.69, 9.17) is 0 Å². The Hall–Kier alpha value is -2.47. The van der Waals surface area contributed by atoms with Crippen LogP contribution in [0.5, 0.6) is 0 Å². The van der Waals surface area contributed by atoms with E-state index < -0.39 is 0 Å². The Labute approximate surface area is 150 Å². The van der Waals surface area contributed by atoms with Crippen molar-refractivity contribution < 1.29 is 4.79 Å². The van der Waals surface area contributed by atoms with E-state index in [1.807, 2.05) is 38.1 Å². The molecule has 5 nitrogen and oxygen atoms in total. The number of rotatable bonds is 5. The van der Waals surface area contributed by atoms with E-state index in [-0.39, 0.29) is 18.0 Å². The van der Waals surface area contributed by atoms with Gasteiger partial charge in [0.2, 0.25) is 0 Å². The number of carbonyl (C=O) groups excluding carboxylic acids is 1. The number of aromatic nitrogens is 2. The maximum absolute atomic E-state index is 12.8. The molecular formula is C19H21N3O2S. The predicted octanol–water partition coefficient (Wildman–Crippen LogP) is 3.52. The van der Waals surface area contributed by atoms with E-state index in [9.17, 15) is 9.59 Å². The highest BCUT2D eigenvalue weighted by atomic mass is 32.1. The molecule has 0 bridgehead atoms. The Morgan fingerprint density at radius 1 is 1.28 bits per heavy atom. The Bertz CT molecular complexity index is 974. The molecule has 2 heterocycles. The Kier molecular flexibility index (Phi) is 4.99. The highest BCUT2D eigenvalue weighted by Crippen LogP contribution is 2.23. The van der Waals surface area contributed by atoms with Gasteiger partial charge in [0.15, 0.2) is 0 Å². The molecule has 0 fully saturated rings. The van der Waals surface area contributed by atoms with Gasteiger partial charge in [-0.15, -0.1) is 11.3 Å². The zero-order valence-corrected chi connectivity index (χ0v) is 15.4. The molecule has 0 aliphatic rings. The first kappa shape index (κ1) is 17.4. The molecule has 1 aromatic carbocycles. The van der Waals surface area contributed by atoms with Crippen LogP contribution >= 0.6 is 11.3 Å². The Morgan fingerprint density at radius 3 is 2.72 bits per heavy atom. The summed E-state index contributed by atoms with van der Waals surface area (Å²) in [5.41, 5.74) is 1.68. The van der Waals surface area contributed by atoms with Crippen molar-refractivity contribution in [1.29, 1.82) is 0 Å². The van der Waals surface area contributed by atoms with E-state index in [0.717, 1.165) is 11.3 Å². The molecule has 0 aliphatic heterocycles. The summed E-state index contributed by atoms with van der Waals surface area (Å²) in [6.45, 7) is 6.89. The number of benzene rings is 1. The first-order chi connectivity index (χ1) is 12.0. The zero-order chi connectivity index (χ0) is 18.0. The van der Waals surface area contributed by atoms with Crippen LogP contribution in [0.2, 0.25) is 0 Å². The van der Waals surface area contributed by atoms with Crippen LogP contribution in [0, 0.1) is 6.92 Å². The zero-order valence-electron chi connectivity index (χ0n) is 14.6. The third-order valence-corrected chi connectivity index (χ3v) is 5.36. The average Bonchev–Trinajstić information content (AvgIpc) is 3.00. The normalized spacial score (nSPS) is 11.0. The van der Waals surface area contributed by atoms with Crippen molar-refractivity contribution in [3.63, 3.8) is 0 Å². The van der Waals surface area contributed by atoms with Crippen LogP contribution in [-0.2, 0) is 13.0 Å². The van der Waals surface area contributed by atoms with Gasteiger partial charge in [0, 0.05) is 11.4 Å². The van der Waals surface area contributed by atoms with Crippen molar-refractivity contribution in [2.45, 2.75) is 33.7 Å². The predicted molar refractivity (Wildman–Crippen MR) is 101 cm³/mol. The van der Waals surface area contributed by atoms with E-state index in [2.05, 4.69) is 16.9 Å². The standard InChI is InChI=1S/C19H21N3O2S/c1-4-13-10-16(25-12(13)3)19(24)22(5-2)11-17-20-15-9-7-6-8-14(15)18(23)21-17/h6-10H,4-5,11H2,1-3H3,(H,20,21,23). The Balaban J connectivity index is 1.89. The maximum Gasteiger partial charge on any atom is 0.264 e. The van der Waals surface area contributed by atoms with Crippen LogP contribution in [0.15, 0.2) is 35.1 Å². The molecule has 0 spiro atoms. The molecule has 6 heteroatoms. The highest BCUT2D eigenvalue weighted by Gasteiger charge is 2.19. The van der Waals surface area contributed by atoms with Crippen LogP contribution in [0.25, 0.3) is 10.9 Å². The number of para-hydroxylation sites is 1. The SMILES string of the molecule is CCc1cc(C(=O)N(CC)Cc2nc3ccccc3c(=O)[nH]2)sc1C. The van der Waals surface area contributed by atoms with Crippen LogP contribution in [0.1, 0.15) is 39.8 Å². The van der Waals surface area contributed by atoms with Crippen molar-refractivity contribution in [3.05, 3.63) is 61.8 Å². The topological polar surface area (TPSA) is 66.1 Å². The minimum absolute atomic E-state index is 0.0221. The van der Waals surface area contributed by atoms with Crippen LogP contribution in [0.3, 0.4) is 0 Å². The van der Waals surface area contributed by atoms with Crippen molar-refractivity contribution in [1.82, 2.24) is 14.9 Å². The largest absolute Gasteiger partial charge is 0.331 e. The minimum atomic E-state index is -0.177. The molecule has 0 saturated heterocycles. The molecule has 0 radical (unpaired) electrons. The molecule has 3 aromatic rings. The molecule has 1 N–H and O–H groups in total. The number of aromatic amines is 1. The van der Waals surface area contributed by atoms with Crippen molar-refractivity contribution in [2.24, 2.45) is 0 Å². The van der Waals surface area contributed by atoms with Gasteiger partial charge >= 0.3 is 0 Å². The first-order valence-electron chi connectivity index (χ1n) is 8.40. The lowest BCUT2D eigenvalue weighted by Crippen LogP contribution is -2.31. The second-order valence-electron chi connectivity index (χ2n) is 5.89. The van der Waals surface area contributed by atoms with Gasteiger partial charge in [0.05, 0.1) is 22.3 Å². The van der Waals surface area contributed by atoms with Crippen LogP contribution < -0.4 is 5.56 Å². The minimum Gasteiger partial charge on any atom is -0.331 e. The molecular weight excluding hydrogens is 334 g/mol. The van der Waals surface area contributed by atoms with Gasteiger partial charge in [-0.05, 0) is 44.0 Å². The number of thiophene rings is 1. The van der Waals surface area contributed by atoms with Gasteiger partial charge in [-0.25, -0.2) is 4.98 Å². The summed E-state index contributed by atoms with van der Waals surface area (Å²) in [5, 5.41) is 0.557. The van der Waals surface area contributed by atoms with E-state index >= 15 is 0 Å². The van der Waals surface area contributed by atoms with Crippen molar-refractivity contribution in [3.8, 4) is 0 Å². The summed E-state index contributed by atoms with van der Waals surface area (Å²) in [5.74, 6) is 0.481. The molecule has 2 aromatic heterocycles. The highest BCUT2D eigenvalue weighted by molar-refractivity contribution is 7.14. The molecule has 1 amide bonds. The summed E-state index contributed by atoms with van der Waals surface area (Å²) in [6, 6.07) is 9.19. The maximum atomic E-state index is 12.8. The summed E-state index contributed by atoms with van der Waals surface area (Å²) < 4.78 is 0. The fraction of sp³-hybridized carbons (Fsp3) is 0.316. The second kappa shape index (κ2) is 7.19. The quantitative estimate of drug-likeness (QED) is 0.761. The third-order valence-electron chi connectivity index (χ3n) is 4.28. The summed E-state index contributed by atoms with van der Waals surface area (Å²) in [4.78, 5) is 35.9. The number of nitrogens with one attached hydrogen (secondary N) is 1. The average molecular weight is 355 g/mol. The fourth-order valence-corrected chi connectivity index (χ4v) is 3.93. The van der Waals surface area contributed by atoms with Crippen molar-refractivity contribution in [2.75, 3.05) is 6.54 Å². The summed E-state index contributed by atoms with van der Waals surface area (Å²) in [7, 11) is 0. The number of hydrogen-bond donors (Lipinski definition) is 1. The number of H-pyrrole nitrogens is 1. The van der Waals surface area contributed by atoms with Gasteiger partial charge in [0.1, 0.15) is 5.82 Å². The lowest BCUT2D eigenvalue weighted by molar-refractivity contribution is 0.0753. The number of hydrogen-bond acceptors (Lipinski definition) is 4. The molecule has 0 saturated carbocycles. The molecule has 130 valence electrons. The summed E-state index contributed by atoms with van der Waals surface area (Å²) >= 11 is 1.52. The molecule has 25 heavy (non-hydrogen) atoms. The van der Waals surface area contributed by atoms with Crippen LogP contribution in [0.4, 0.5) is 0 Å². The Morgan fingerprint density at radius 2 is 2.04 bits per heavy atom. The summed E-state index contributed by atoms with van der Waals surface area (Å²) in [6.07, 6.45) is 0.918. The lowest BCUT2D eigenvalue weighted by atomic mass is 10.2. The van der Waals surface area contributed by atoms with E-state index in [1.165, 1.54) is 21.8 Å². The molecule has 3 rings (SSSR count). The molecule has 0 atom stereocenters. The third kappa shape index (κ3) is 3.49. The van der Waals surface area contributed by atoms with E-state index in [0.29, 0.717) is 23.3 Å².